The van der Waals surface area contributed by atoms with Crippen LogP contribution in [0.15, 0.2) is 48.8 Å². The zero-order chi connectivity index (χ0) is 19.7. The van der Waals surface area contributed by atoms with Gasteiger partial charge < -0.3 is 9.80 Å². The van der Waals surface area contributed by atoms with Crippen LogP contribution >= 0.6 is 0 Å². The number of imide groups is 1. The van der Waals surface area contributed by atoms with Crippen molar-refractivity contribution in [3.05, 3.63) is 59.9 Å². The summed E-state index contributed by atoms with van der Waals surface area (Å²) < 4.78 is 0. The van der Waals surface area contributed by atoms with Gasteiger partial charge in [0.2, 0.25) is 0 Å². The average molecular weight is 379 g/mol. The molecular weight excluding hydrogens is 358 g/mol. The van der Waals surface area contributed by atoms with E-state index >= 15 is 0 Å². The van der Waals surface area contributed by atoms with Gasteiger partial charge in [0.1, 0.15) is 5.54 Å². The Hall–Kier alpha value is -3.29. The molecule has 0 N–H and O–H groups in total. The summed E-state index contributed by atoms with van der Waals surface area (Å²) in [5, 5.41) is 7.44. The molecule has 0 bridgehead atoms. The normalized spacial score (nSPS) is 18.8. The van der Waals surface area contributed by atoms with Crippen molar-refractivity contribution >= 4 is 17.8 Å². The smallest absolute Gasteiger partial charge is 0.327 e. The molecule has 0 aliphatic carbocycles. The quantitative estimate of drug-likeness (QED) is 0.755. The van der Waals surface area contributed by atoms with Gasteiger partial charge in [0, 0.05) is 26.7 Å². The SMILES string of the molecule is CN1C(=O)N(Cc2ccccc2)C2(CCN(C(=O)c3ccnnc3)CC2)C1=O. The Morgan fingerprint density at radius 3 is 2.43 bits per heavy atom. The third-order valence-electron chi connectivity index (χ3n) is 5.63. The van der Waals surface area contributed by atoms with Crippen LogP contribution in [-0.4, -0.2) is 68.4 Å². The Kier molecular flexibility index (Phi) is 4.54. The first-order chi connectivity index (χ1) is 13.5. The number of amides is 4. The highest BCUT2D eigenvalue weighted by molar-refractivity contribution is 6.07. The van der Waals surface area contributed by atoms with Gasteiger partial charge in [0.05, 0.1) is 18.0 Å². The number of likely N-dealkylation sites (N-methyl/N-ethyl adjacent to an activating group) is 1. The fourth-order valence-corrected chi connectivity index (χ4v) is 4.03. The number of hydrogen-bond acceptors (Lipinski definition) is 5. The number of aromatic nitrogens is 2. The summed E-state index contributed by atoms with van der Waals surface area (Å²) in [6.07, 6.45) is 3.75. The van der Waals surface area contributed by atoms with Crippen molar-refractivity contribution in [2.24, 2.45) is 0 Å². The molecule has 8 nitrogen and oxygen atoms in total. The van der Waals surface area contributed by atoms with E-state index in [4.69, 9.17) is 0 Å². The van der Waals surface area contributed by atoms with Crippen molar-refractivity contribution in [2.75, 3.05) is 20.1 Å². The molecule has 8 heteroatoms. The topological polar surface area (TPSA) is 86.7 Å². The van der Waals surface area contributed by atoms with Crippen LogP contribution in [0, 0.1) is 0 Å². The first-order valence-electron chi connectivity index (χ1n) is 9.22. The van der Waals surface area contributed by atoms with E-state index in [1.54, 1.807) is 15.9 Å². The number of hydrogen-bond donors (Lipinski definition) is 0. The summed E-state index contributed by atoms with van der Waals surface area (Å²) >= 11 is 0. The Labute approximate surface area is 162 Å². The van der Waals surface area contributed by atoms with E-state index in [9.17, 15) is 14.4 Å². The van der Waals surface area contributed by atoms with Gasteiger partial charge in [0.15, 0.2) is 0 Å². The maximum Gasteiger partial charge on any atom is 0.327 e. The van der Waals surface area contributed by atoms with Crippen LogP contribution in [0.4, 0.5) is 4.79 Å². The van der Waals surface area contributed by atoms with Gasteiger partial charge in [-0.3, -0.25) is 14.5 Å². The Balaban J connectivity index is 1.55. The second-order valence-corrected chi connectivity index (χ2v) is 7.17. The number of benzene rings is 1. The number of nitrogens with zero attached hydrogens (tertiary/aromatic N) is 5. The second-order valence-electron chi connectivity index (χ2n) is 7.17. The lowest BCUT2D eigenvalue weighted by atomic mass is 9.85. The second kappa shape index (κ2) is 7.03. The molecule has 2 aromatic rings. The highest BCUT2D eigenvalue weighted by atomic mass is 16.2. The van der Waals surface area contributed by atoms with E-state index in [1.165, 1.54) is 24.3 Å². The molecule has 28 heavy (non-hydrogen) atoms. The molecule has 2 aliphatic rings. The number of piperidine rings is 1. The summed E-state index contributed by atoms with van der Waals surface area (Å²) in [6.45, 7) is 1.18. The fraction of sp³-hybridized carbons (Fsp3) is 0.350. The van der Waals surface area contributed by atoms with Gasteiger partial charge in [-0.05, 0) is 24.5 Å². The molecule has 144 valence electrons. The summed E-state index contributed by atoms with van der Waals surface area (Å²) in [6, 6.07) is 11.0. The van der Waals surface area contributed by atoms with E-state index < -0.39 is 5.54 Å². The average Bonchev–Trinajstić information content (AvgIpc) is 2.91. The molecule has 0 radical (unpaired) electrons. The highest BCUT2D eigenvalue weighted by Gasteiger charge is 2.57. The lowest BCUT2D eigenvalue weighted by molar-refractivity contribution is -0.134. The molecule has 2 aliphatic heterocycles. The number of likely N-dealkylation sites (tertiary alicyclic amines) is 1. The lowest BCUT2D eigenvalue weighted by Gasteiger charge is -2.42. The number of carbonyl (C=O) groups is 3. The predicted molar refractivity (Wildman–Crippen MR) is 100 cm³/mol. The van der Waals surface area contributed by atoms with Crippen LogP contribution in [0.3, 0.4) is 0 Å². The molecule has 0 atom stereocenters. The van der Waals surface area contributed by atoms with E-state index in [0.717, 1.165) is 5.56 Å². The minimum Gasteiger partial charge on any atom is -0.338 e. The van der Waals surface area contributed by atoms with Gasteiger partial charge >= 0.3 is 6.03 Å². The van der Waals surface area contributed by atoms with Crippen LogP contribution in [-0.2, 0) is 11.3 Å². The summed E-state index contributed by atoms with van der Waals surface area (Å²) in [4.78, 5) is 43.0. The Bertz CT molecular complexity index is 895. The maximum absolute atomic E-state index is 13.0. The minimum absolute atomic E-state index is 0.135. The number of carbonyl (C=O) groups excluding carboxylic acids is 3. The fourth-order valence-electron chi connectivity index (χ4n) is 4.03. The van der Waals surface area contributed by atoms with Gasteiger partial charge in [-0.2, -0.15) is 10.2 Å². The van der Waals surface area contributed by atoms with Crippen molar-refractivity contribution in [3.8, 4) is 0 Å². The van der Waals surface area contributed by atoms with Crippen LogP contribution in [0.2, 0.25) is 0 Å². The van der Waals surface area contributed by atoms with Crippen molar-refractivity contribution in [2.45, 2.75) is 24.9 Å². The van der Waals surface area contributed by atoms with Gasteiger partial charge in [0.25, 0.3) is 11.8 Å². The van der Waals surface area contributed by atoms with E-state index in [0.29, 0.717) is 38.0 Å². The predicted octanol–water partition coefficient (Wildman–Crippen LogP) is 1.55. The van der Waals surface area contributed by atoms with Crippen LogP contribution < -0.4 is 0 Å². The summed E-state index contributed by atoms with van der Waals surface area (Å²) in [5.74, 6) is -0.324. The van der Waals surface area contributed by atoms with Crippen molar-refractivity contribution in [3.63, 3.8) is 0 Å². The monoisotopic (exact) mass is 379 g/mol. The van der Waals surface area contributed by atoms with Crippen LogP contribution in [0.5, 0.6) is 0 Å². The Morgan fingerprint density at radius 1 is 1.07 bits per heavy atom. The molecular formula is C20H21N5O3. The molecule has 2 saturated heterocycles. The molecule has 0 unspecified atom stereocenters. The maximum atomic E-state index is 13.0. The summed E-state index contributed by atoms with van der Waals surface area (Å²) in [5.41, 5.74) is 0.548. The third kappa shape index (κ3) is 2.90. The van der Waals surface area contributed by atoms with Crippen LogP contribution in [0.25, 0.3) is 0 Å². The zero-order valence-electron chi connectivity index (χ0n) is 15.6. The molecule has 4 rings (SSSR count). The minimum atomic E-state index is -0.894. The van der Waals surface area contributed by atoms with E-state index in [-0.39, 0.29) is 17.8 Å². The van der Waals surface area contributed by atoms with Crippen LogP contribution in [0.1, 0.15) is 28.8 Å². The van der Waals surface area contributed by atoms with Gasteiger partial charge in [-0.15, -0.1) is 0 Å². The molecule has 1 aromatic heterocycles. The van der Waals surface area contributed by atoms with Crippen molar-refractivity contribution in [1.82, 2.24) is 24.9 Å². The Morgan fingerprint density at radius 2 is 1.79 bits per heavy atom. The first-order valence-corrected chi connectivity index (χ1v) is 9.22. The number of rotatable bonds is 3. The van der Waals surface area contributed by atoms with Crippen molar-refractivity contribution < 1.29 is 14.4 Å². The van der Waals surface area contributed by atoms with Gasteiger partial charge in [-0.1, -0.05) is 30.3 Å². The van der Waals surface area contributed by atoms with E-state index in [2.05, 4.69) is 10.2 Å². The molecule has 1 aromatic carbocycles. The molecule has 3 heterocycles. The number of urea groups is 1. The molecule has 0 saturated carbocycles. The standard InChI is InChI=1S/C20H21N5O3/c1-23-18(27)20(25(19(23)28)14-15-5-3-2-4-6-15)8-11-24(12-9-20)17(26)16-7-10-21-22-13-16/h2-7,10,13H,8-9,11-12,14H2,1H3. The highest BCUT2D eigenvalue weighted by Crippen LogP contribution is 2.38. The molecule has 4 amide bonds. The van der Waals surface area contributed by atoms with Gasteiger partial charge in [-0.25, -0.2) is 4.79 Å². The third-order valence-corrected chi connectivity index (χ3v) is 5.63. The van der Waals surface area contributed by atoms with E-state index in [1.807, 2.05) is 30.3 Å². The zero-order valence-corrected chi connectivity index (χ0v) is 15.6. The largest absolute Gasteiger partial charge is 0.338 e. The summed E-state index contributed by atoms with van der Waals surface area (Å²) in [7, 11) is 1.53. The lowest BCUT2D eigenvalue weighted by Crippen LogP contribution is -2.57. The first kappa shape index (κ1) is 18.1. The van der Waals surface area contributed by atoms with Crippen molar-refractivity contribution in [1.29, 1.82) is 0 Å². The molecule has 2 fully saturated rings. The molecule has 1 spiro atoms.